The fourth-order valence-corrected chi connectivity index (χ4v) is 1.68. The first-order valence-corrected chi connectivity index (χ1v) is 11.8. The minimum Gasteiger partial charge on any atom is -0.385 e. The number of allylic oxidation sites excluding steroid dienone is 1. The molecule has 0 aromatic rings. The van der Waals surface area contributed by atoms with Crippen LogP contribution < -0.4 is 22.5 Å². The van der Waals surface area contributed by atoms with Crippen LogP contribution in [0.5, 0.6) is 0 Å². The van der Waals surface area contributed by atoms with Gasteiger partial charge < -0.3 is 27.6 Å². The van der Waals surface area contributed by atoms with Crippen molar-refractivity contribution < 1.29 is 14.7 Å². The van der Waals surface area contributed by atoms with Crippen molar-refractivity contribution in [1.82, 2.24) is 5.32 Å². The molecule has 0 aliphatic rings. The van der Waals surface area contributed by atoms with Crippen LogP contribution in [0.15, 0.2) is 62.8 Å². The first-order valence-electron chi connectivity index (χ1n) is 11.8. The minimum atomic E-state index is -0.528. The highest BCUT2D eigenvalue weighted by Gasteiger charge is 2.17. The lowest BCUT2D eigenvalue weighted by molar-refractivity contribution is -0.118. The van der Waals surface area contributed by atoms with E-state index in [4.69, 9.17) is 16.6 Å². The fraction of sp³-hybridized carbons (Fsp3) is 0.571. The van der Waals surface area contributed by atoms with E-state index in [1.807, 2.05) is 19.9 Å². The number of carbonyl (C=O) groups is 2. The second kappa shape index (κ2) is 29.6. The highest BCUT2D eigenvalue weighted by Crippen LogP contribution is 2.05. The topological polar surface area (TPSA) is 144 Å². The average Bonchev–Trinajstić information content (AvgIpc) is 2.74. The molecule has 0 heterocycles. The Bertz CT molecular complexity index is 583. The monoisotopic (exact) mass is 496 g/mol. The summed E-state index contributed by atoms with van der Waals surface area (Å²) in [5.74, 6) is 0.922. The van der Waals surface area contributed by atoms with Gasteiger partial charge in [-0.15, -0.1) is 13.2 Å². The molecule has 0 aromatic carbocycles. The van der Waals surface area contributed by atoms with Crippen LogP contribution in [0.3, 0.4) is 0 Å². The van der Waals surface area contributed by atoms with Crippen molar-refractivity contribution in [1.29, 1.82) is 0 Å². The molecule has 2 amide bonds. The van der Waals surface area contributed by atoms with Gasteiger partial charge in [-0.25, -0.2) is 0 Å². The number of rotatable bonds is 11. The van der Waals surface area contributed by atoms with Crippen molar-refractivity contribution in [2.24, 2.45) is 29.0 Å². The molecule has 7 heteroatoms. The molecule has 8 N–H and O–H groups in total. The summed E-state index contributed by atoms with van der Waals surface area (Å²) in [7, 11) is 0. The standard InChI is InChI=1S/C8H16N2O.C6H10O.C6H12.C5H13N.C3H5NO/c1-4-7(11)10-8(2,3)5-6-9;1-4-6(7)5(2)3;1-4-5-6(2)3;1-5(2)3-4-6;1-2-3(4)5/h4H,1,5-6,9H2,2-3H3,(H,10,11);4,6-7H,1-2H2,3H3;4,6H,1,5H2,2-3H3;5H,3-4,6H2,1-2H3;2H,1H2,(H2,4,5). The number of hydrogen-bond donors (Lipinski definition) is 5. The molecule has 206 valence electrons. The molecule has 0 fully saturated rings. The van der Waals surface area contributed by atoms with Crippen LogP contribution in [-0.4, -0.2) is 41.7 Å². The van der Waals surface area contributed by atoms with Crippen LogP contribution >= 0.6 is 0 Å². The Labute approximate surface area is 216 Å². The normalized spacial score (nSPS) is 10.2. The van der Waals surface area contributed by atoms with Gasteiger partial charge in [-0.1, -0.05) is 59.6 Å². The molecule has 0 saturated heterocycles. The highest BCUT2D eigenvalue weighted by molar-refractivity contribution is 5.87. The van der Waals surface area contributed by atoms with Crippen molar-refractivity contribution in [3.63, 3.8) is 0 Å². The molecular formula is C28H56N4O3. The molecule has 0 radical (unpaired) electrons. The zero-order valence-corrected chi connectivity index (χ0v) is 23.6. The van der Waals surface area contributed by atoms with Gasteiger partial charge in [-0.3, -0.25) is 9.59 Å². The number of amides is 2. The molecule has 0 aromatic heterocycles. The number of hydrogen-bond acceptors (Lipinski definition) is 5. The third kappa shape index (κ3) is 54.2. The summed E-state index contributed by atoms with van der Waals surface area (Å²) in [6.45, 7) is 32.7. The van der Waals surface area contributed by atoms with Gasteiger partial charge in [0.05, 0.1) is 6.10 Å². The number of aliphatic hydroxyl groups excluding tert-OH is 1. The lowest BCUT2D eigenvalue weighted by Gasteiger charge is -2.24. The predicted octanol–water partition coefficient (Wildman–Crippen LogP) is 4.39. The number of carbonyl (C=O) groups excluding carboxylic acids is 2. The van der Waals surface area contributed by atoms with Crippen LogP contribution in [0.4, 0.5) is 0 Å². The number of nitrogens with one attached hydrogen (secondary N) is 1. The van der Waals surface area contributed by atoms with Gasteiger partial charge in [0.15, 0.2) is 0 Å². The summed E-state index contributed by atoms with van der Waals surface area (Å²) >= 11 is 0. The van der Waals surface area contributed by atoms with Gasteiger partial charge in [-0.05, 0) is 82.7 Å². The van der Waals surface area contributed by atoms with Crippen molar-refractivity contribution in [3.05, 3.63) is 62.8 Å². The van der Waals surface area contributed by atoms with Crippen LogP contribution in [0.25, 0.3) is 0 Å². The highest BCUT2D eigenvalue weighted by atomic mass is 16.3. The molecule has 0 aliphatic carbocycles. The maximum atomic E-state index is 10.8. The second-order valence-electron chi connectivity index (χ2n) is 9.14. The summed E-state index contributed by atoms with van der Waals surface area (Å²) < 4.78 is 0. The molecule has 1 unspecified atom stereocenters. The lowest BCUT2D eigenvalue weighted by Crippen LogP contribution is -2.43. The van der Waals surface area contributed by atoms with E-state index >= 15 is 0 Å². The molecule has 35 heavy (non-hydrogen) atoms. The van der Waals surface area contributed by atoms with E-state index in [0.717, 1.165) is 49.3 Å². The maximum absolute atomic E-state index is 10.8. The Morgan fingerprint density at radius 2 is 1.43 bits per heavy atom. The number of aliphatic hydroxyl groups is 1. The SMILES string of the molecule is C=CC(=O)NC(C)(C)CCN.C=CC(N)=O.C=CC(O)C(=C)C.C=CCC(C)C.CC(C)CCN. The summed E-state index contributed by atoms with van der Waals surface area (Å²) in [5.41, 5.74) is 15.6. The summed E-state index contributed by atoms with van der Waals surface area (Å²) in [5, 5.41) is 11.5. The predicted molar refractivity (Wildman–Crippen MR) is 155 cm³/mol. The van der Waals surface area contributed by atoms with E-state index in [2.05, 4.69) is 71.6 Å². The Morgan fingerprint density at radius 1 is 0.971 bits per heavy atom. The first-order chi connectivity index (χ1) is 16.0. The molecule has 0 saturated carbocycles. The van der Waals surface area contributed by atoms with Crippen molar-refractivity contribution in [3.8, 4) is 0 Å². The fourth-order valence-electron chi connectivity index (χ4n) is 1.68. The molecule has 1 atom stereocenters. The smallest absolute Gasteiger partial charge is 0.243 e. The van der Waals surface area contributed by atoms with Crippen molar-refractivity contribution >= 4 is 11.8 Å². The summed E-state index contributed by atoms with van der Waals surface area (Å²) in [6, 6.07) is 0. The van der Waals surface area contributed by atoms with E-state index in [9.17, 15) is 9.59 Å². The zero-order chi connectivity index (χ0) is 29.0. The van der Waals surface area contributed by atoms with Crippen molar-refractivity contribution in [2.75, 3.05) is 13.1 Å². The second-order valence-corrected chi connectivity index (χ2v) is 9.14. The van der Waals surface area contributed by atoms with E-state index in [1.165, 1.54) is 12.2 Å². The lowest BCUT2D eigenvalue weighted by atomic mass is 10.0. The zero-order valence-electron chi connectivity index (χ0n) is 23.6. The summed E-state index contributed by atoms with van der Waals surface area (Å²) in [6.07, 6.45) is 8.25. The molecule has 0 rings (SSSR count). The van der Waals surface area contributed by atoms with Crippen LogP contribution in [0.1, 0.15) is 67.7 Å². The minimum absolute atomic E-state index is 0.150. The van der Waals surface area contributed by atoms with E-state index in [1.54, 1.807) is 6.92 Å². The van der Waals surface area contributed by atoms with Gasteiger partial charge in [0, 0.05) is 5.54 Å². The van der Waals surface area contributed by atoms with E-state index in [-0.39, 0.29) is 11.4 Å². The van der Waals surface area contributed by atoms with Gasteiger partial charge in [-0.2, -0.15) is 0 Å². The van der Waals surface area contributed by atoms with E-state index in [0.29, 0.717) is 6.54 Å². The maximum Gasteiger partial charge on any atom is 0.243 e. The van der Waals surface area contributed by atoms with Crippen molar-refractivity contribution in [2.45, 2.75) is 79.4 Å². The largest absolute Gasteiger partial charge is 0.385 e. The average molecular weight is 497 g/mol. The Hall–Kier alpha value is -2.48. The Balaban J connectivity index is -0.000000111. The molecule has 7 nitrogen and oxygen atoms in total. The summed E-state index contributed by atoms with van der Waals surface area (Å²) in [4.78, 5) is 20.3. The van der Waals surface area contributed by atoms with Crippen LogP contribution in [0.2, 0.25) is 0 Å². The van der Waals surface area contributed by atoms with Gasteiger partial charge >= 0.3 is 0 Å². The van der Waals surface area contributed by atoms with Gasteiger partial charge in [0.2, 0.25) is 11.8 Å². The van der Waals surface area contributed by atoms with E-state index < -0.39 is 12.0 Å². The number of nitrogens with two attached hydrogens (primary N) is 3. The first kappa shape index (κ1) is 42.7. The number of primary amides is 1. The molecular weight excluding hydrogens is 440 g/mol. The quantitative estimate of drug-likeness (QED) is 0.213. The molecule has 0 bridgehead atoms. The van der Waals surface area contributed by atoms with Crippen LogP contribution in [0, 0.1) is 11.8 Å². The Kier molecular flexibility index (Phi) is 36.0. The van der Waals surface area contributed by atoms with Gasteiger partial charge in [0.25, 0.3) is 0 Å². The third-order valence-electron chi connectivity index (χ3n) is 3.73. The van der Waals surface area contributed by atoms with Gasteiger partial charge in [0.1, 0.15) is 0 Å². The van der Waals surface area contributed by atoms with Crippen LogP contribution in [-0.2, 0) is 9.59 Å². The Morgan fingerprint density at radius 3 is 1.54 bits per heavy atom. The third-order valence-corrected chi connectivity index (χ3v) is 3.73. The molecule has 0 aliphatic heterocycles. The molecule has 0 spiro atoms.